The predicted molar refractivity (Wildman–Crippen MR) is 76.4 cm³/mol. The molecule has 0 spiro atoms. The molecule has 6 nitrogen and oxygen atoms in total. The van der Waals surface area contributed by atoms with Gasteiger partial charge in [0.1, 0.15) is 12.4 Å². The summed E-state index contributed by atoms with van der Waals surface area (Å²) in [6, 6.07) is 5.53. The summed E-state index contributed by atoms with van der Waals surface area (Å²) in [5.41, 5.74) is 1.48. The highest BCUT2D eigenvalue weighted by Crippen LogP contribution is 2.38. The number of rotatable bonds is 6. The Bertz CT molecular complexity index is 652. The molecule has 1 aliphatic carbocycles. The number of aliphatic hydroxyl groups excluding tert-OH is 1. The Balaban J connectivity index is 1.47. The molecule has 2 N–H and O–H groups in total. The Morgan fingerprint density at radius 2 is 2.14 bits per heavy atom. The molecule has 22 heavy (non-hydrogen) atoms. The number of aliphatic hydroxyl groups is 1. The van der Waals surface area contributed by atoms with Crippen molar-refractivity contribution >= 4 is 5.91 Å². The van der Waals surface area contributed by atoms with Gasteiger partial charge >= 0.3 is 0 Å². The lowest BCUT2D eigenvalue weighted by molar-refractivity contribution is -0.122. The van der Waals surface area contributed by atoms with Crippen molar-refractivity contribution in [1.82, 2.24) is 20.3 Å². The zero-order valence-electron chi connectivity index (χ0n) is 11.9. The first kappa shape index (κ1) is 14.6. The van der Waals surface area contributed by atoms with Crippen molar-refractivity contribution in [2.75, 3.05) is 6.54 Å². The van der Waals surface area contributed by atoms with Crippen molar-refractivity contribution in [2.45, 2.75) is 31.4 Å². The van der Waals surface area contributed by atoms with Crippen molar-refractivity contribution in [1.29, 1.82) is 0 Å². The number of amides is 1. The van der Waals surface area contributed by atoms with Crippen molar-refractivity contribution < 1.29 is 14.3 Å². The number of aromatic nitrogens is 3. The van der Waals surface area contributed by atoms with Crippen LogP contribution in [0.25, 0.3) is 0 Å². The monoisotopic (exact) mass is 304 g/mol. The largest absolute Gasteiger partial charge is 0.387 e. The van der Waals surface area contributed by atoms with Crippen LogP contribution in [-0.2, 0) is 11.3 Å². The number of benzene rings is 1. The molecular formula is C15H17FN4O2. The van der Waals surface area contributed by atoms with Crippen LogP contribution in [0.2, 0.25) is 0 Å². The molecule has 7 heteroatoms. The zero-order chi connectivity index (χ0) is 15.5. The van der Waals surface area contributed by atoms with Gasteiger partial charge in [0, 0.05) is 18.7 Å². The molecule has 0 saturated heterocycles. The second kappa shape index (κ2) is 6.23. The van der Waals surface area contributed by atoms with Crippen LogP contribution < -0.4 is 5.32 Å². The van der Waals surface area contributed by atoms with Crippen molar-refractivity contribution in [3.8, 4) is 0 Å². The van der Waals surface area contributed by atoms with E-state index in [0.29, 0.717) is 11.5 Å². The van der Waals surface area contributed by atoms with Gasteiger partial charge in [0.2, 0.25) is 5.91 Å². The summed E-state index contributed by atoms with van der Waals surface area (Å²) in [4.78, 5) is 11.8. The lowest BCUT2D eigenvalue weighted by Crippen LogP contribution is -2.31. The second-order valence-electron chi connectivity index (χ2n) is 5.49. The van der Waals surface area contributed by atoms with E-state index >= 15 is 0 Å². The average Bonchev–Trinajstić information content (AvgIpc) is 3.26. The van der Waals surface area contributed by atoms with Crippen molar-refractivity contribution in [3.05, 3.63) is 47.5 Å². The van der Waals surface area contributed by atoms with Crippen LogP contribution in [0.1, 0.15) is 36.1 Å². The third-order valence-electron chi connectivity index (χ3n) is 3.60. The van der Waals surface area contributed by atoms with Gasteiger partial charge in [0.15, 0.2) is 0 Å². The minimum absolute atomic E-state index is 0.0641. The summed E-state index contributed by atoms with van der Waals surface area (Å²) in [5.74, 6) is -0.122. The first-order valence-electron chi connectivity index (χ1n) is 7.22. The highest BCUT2D eigenvalue weighted by molar-refractivity contribution is 5.75. The molecule has 3 rings (SSSR count). The Kier molecular flexibility index (Phi) is 4.15. The van der Waals surface area contributed by atoms with Gasteiger partial charge in [0.05, 0.1) is 11.8 Å². The predicted octanol–water partition coefficient (Wildman–Crippen LogP) is 1.14. The molecule has 1 unspecified atom stereocenters. The quantitative estimate of drug-likeness (QED) is 0.839. The van der Waals surface area contributed by atoms with E-state index in [1.54, 1.807) is 6.20 Å². The van der Waals surface area contributed by atoms with Gasteiger partial charge in [0.25, 0.3) is 0 Å². The van der Waals surface area contributed by atoms with Gasteiger partial charge in [-0.2, -0.15) is 0 Å². The molecule has 1 aliphatic rings. The van der Waals surface area contributed by atoms with Gasteiger partial charge in [-0.05, 0) is 30.5 Å². The number of carbonyl (C=O) groups excluding carboxylic acids is 1. The molecule has 1 heterocycles. The van der Waals surface area contributed by atoms with E-state index in [9.17, 15) is 14.3 Å². The summed E-state index contributed by atoms with van der Waals surface area (Å²) < 4.78 is 14.3. The maximum atomic E-state index is 12.8. The molecule has 0 bridgehead atoms. The lowest BCUT2D eigenvalue weighted by atomic mass is 10.1. The van der Waals surface area contributed by atoms with E-state index in [2.05, 4.69) is 15.6 Å². The van der Waals surface area contributed by atoms with E-state index in [4.69, 9.17) is 0 Å². The number of halogens is 1. The number of hydrogen-bond acceptors (Lipinski definition) is 4. The fourth-order valence-corrected chi connectivity index (χ4v) is 2.17. The minimum Gasteiger partial charge on any atom is -0.387 e. The Labute approximate surface area is 127 Å². The topological polar surface area (TPSA) is 80.0 Å². The fraction of sp³-hybridized carbons (Fsp3) is 0.400. The van der Waals surface area contributed by atoms with Crippen LogP contribution >= 0.6 is 0 Å². The third kappa shape index (κ3) is 3.67. The van der Waals surface area contributed by atoms with Gasteiger partial charge in [-0.1, -0.05) is 17.3 Å². The maximum absolute atomic E-state index is 12.8. The molecule has 1 aromatic carbocycles. The highest BCUT2D eigenvalue weighted by atomic mass is 19.1. The van der Waals surface area contributed by atoms with Gasteiger partial charge in [-0.25, -0.2) is 9.07 Å². The number of carbonyl (C=O) groups is 1. The van der Waals surface area contributed by atoms with Crippen molar-refractivity contribution in [2.24, 2.45) is 0 Å². The molecule has 1 aromatic heterocycles. The third-order valence-corrected chi connectivity index (χ3v) is 3.60. The van der Waals surface area contributed by atoms with E-state index in [0.717, 1.165) is 18.5 Å². The van der Waals surface area contributed by atoms with Crippen LogP contribution in [0.4, 0.5) is 4.39 Å². The standard InChI is InChI=1S/C15H17FN4O2/c16-12-5-3-11(4-6-12)14(21)7-17-15(22)9-20-8-13(18-19-20)10-1-2-10/h3-6,8,10,14,21H,1-2,7,9H2,(H,17,22). The second-order valence-corrected chi connectivity index (χ2v) is 5.49. The maximum Gasteiger partial charge on any atom is 0.241 e. The van der Waals surface area contributed by atoms with E-state index < -0.39 is 6.10 Å². The molecule has 0 aliphatic heterocycles. The molecule has 116 valence electrons. The summed E-state index contributed by atoms with van der Waals surface area (Å²) in [7, 11) is 0. The van der Waals surface area contributed by atoms with Crippen LogP contribution in [0.3, 0.4) is 0 Å². The molecular weight excluding hydrogens is 287 g/mol. The molecule has 2 aromatic rings. The highest BCUT2D eigenvalue weighted by Gasteiger charge is 2.26. The average molecular weight is 304 g/mol. The van der Waals surface area contributed by atoms with E-state index in [1.165, 1.54) is 28.9 Å². The van der Waals surface area contributed by atoms with E-state index in [1.807, 2.05) is 0 Å². The van der Waals surface area contributed by atoms with Crippen LogP contribution in [0, 0.1) is 5.82 Å². The zero-order valence-corrected chi connectivity index (χ0v) is 11.9. The number of hydrogen-bond donors (Lipinski definition) is 2. The Hall–Kier alpha value is -2.28. The normalized spacial score (nSPS) is 15.5. The summed E-state index contributed by atoms with van der Waals surface area (Å²) in [6.45, 7) is 0.129. The van der Waals surface area contributed by atoms with Gasteiger partial charge in [-0.3, -0.25) is 4.79 Å². The first-order valence-corrected chi connectivity index (χ1v) is 7.22. The Morgan fingerprint density at radius 3 is 2.82 bits per heavy atom. The number of nitrogens with one attached hydrogen (secondary N) is 1. The lowest BCUT2D eigenvalue weighted by Gasteiger charge is -2.12. The summed E-state index contributed by atoms with van der Waals surface area (Å²) >= 11 is 0. The summed E-state index contributed by atoms with van der Waals surface area (Å²) in [5, 5.41) is 20.5. The first-order chi connectivity index (χ1) is 10.6. The molecule has 1 fully saturated rings. The van der Waals surface area contributed by atoms with E-state index in [-0.39, 0.29) is 24.8 Å². The van der Waals surface area contributed by atoms with Gasteiger partial charge < -0.3 is 10.4 Å². The molecule has 0 radical (unpaired) electrons. The smallest absolute Gasteiger partial charge is 0.241 e. The minimum atomic E-state index is -0.873. The fourth-order valence-electron chi connectivity index (χ4n) is 2.17. The van der Waals surface area contributed by atoms with Crippen LogP contribution in [-0.4, -0.2) is 32.6 Å². The van der Waals surface area contributed by atoms with Gasteiger partial charge in [-0.15, -0.1) is 5.10 Å². The molecule has 1 atom stereocenters. The number of nitrogens with zero attached hydrogens (tertiary/aromatic N) is 3. The van der Waals surface area contributed by atoms with Crippen LogP contribution in [0.5, 0.6) is 0 Å². The van der Waals surface area contributed by atoms with Crippen molar-refractivity contribution in [3.63, 3.8) is 0 Å². The summed E-state index contributed by atoms with van der Waals surface area (Å²) in [6.07, 6.45) is 3.18. The molecule has 1 amide bonds. The SMILES string of the molecule is O=C(Cn1cc(C2CC2)nn1)NCC(O)c1ccc(F)cc1. The van der Waals surface area contributed by atoms with Crippen LogP contribution in [0.15, 0.2) is 30.5 Å². The molecule has 1 saturated carbocycles. The Morgan fingerprint density at radius 1 is 1.41 bits per heavy atom.